The molecule has 33 heavy (non-hydrogen) atoms. The molecule has 0 unspecified atom stereocenters. The first-order chi connectivity index (χ1) is 16.0. The van der Waals surface area contributed by atoms with E-state index in [2.05, 4.69) is 20.6 Å². The van der Waals surface area contributed by atoms with Gasteiger partial charge in [0, 0.05) is 11.1 Å². The van der Waals surface area contributed by atoms with Crippen molar-refractivity contribution < 1.29 is 19.0 Å². The third kappa shape index (κ3) is 4.94. The topological polar surface area (TPSA) is 99.9 Å². The van der Waals surface area contributed by atoms with Gasteiger partial charge in [-0.05, 0) is 42.5 Å². The van der Waals surface area contributed by atoms with E-state index in [9.17, 15) is 4.79 Å². The minimum Gasteiger partial charge on any atom is -0.497 e. The molecule has 4 rings (SSSR count). The minimum atomic E-state index is -0.347. The average molecular weight is 488 g/mol. The van der Waals surface area contributed by atoms with Crippen LogP contribution in [0.15, 0.2) is 48.5 Å². The second kappa shape index (κ2) is 9.93. The lowest BCUT2D eigenvalue weighted by atomic mass is 10.2. The summed E-state index contributed by atoms with van der Waals surface area (Å²) < 4.78 is 18.0. The summed E-state index contributed by atoms with van der Waals surface area (Å²) in [7, 11) is 3.15. The monoisotopic (exact) mass is 487 g/mol. The molecule has 9 nitrogen and oxygen atoms in total. The number of ether oxygens (including phenoxy) is 3. The first-order valence-electron chi connectivity index (χ1n) is 9.81. The van der Waals surface area contributed by atoms with Gasteiger partial charge < -0.3 is 19.5 Å². The molecule has 0 bridgehead atoms. The number of methoxy groups -OCH3 is 2. The van der Waals surface area contributed by atoms with Crippen LogP contribution in [0.25, 0.3) is 17.0 Å². The zero-order valence-electron chi connectivity index (χ0n) is 17.7. The minimum absolute atomic E-state index is 0.183. The quantitative estimate of drug-likeness (QED) is 0.375. The smallest absolute Gasteiger partial charge is 0.252 e. The maximum atomic E-state index is 12.3. The van der Waals surface area contributed by atoms with Gasteiger partial charge in [0.1, 0.15) is 18.1 Å². The number of halogens is 2. The van der Waals surface area contributed by atoms with Crippen molar-refractivity contribution in [3.8, 4) is 28.8 Å². The summed E-state index contributed by atoms with van der Waals surface area (Å²) in [5.41, 5.74) is 1.50. The van der Waals surface area contributed by atoms with Gasteiger partial charge in [-0.15, -0.1) is 15.3 Å². The number of rotatable bonds is 8. The Balaban J connectivity index is 1.47. The van der Waals surface area contributed by atoms with Gasteiger partial charge in [0.2, 0.25) is 5.88 Å². The van der Waals surface area contributed by atoms with Crippen molar-refractivity contribution in [1.82, 2.24) is 25.1 Å². The van der Waals surface area contributed by atoms with E-state index in [1.165, 1.54) is 6.07 Å². The number of aromatic nitrogens is 4. The molecule has 0 saturated carbocycles. The zero-order valence-corrected chi connectivity index (χ0v) is 19.2. The molecule has 0 atom stereocenters. The summed E-state index contributed by atoms with van der Waals surface area (Å²) in [5, 5.41) is 16.3. The van der Waals surface area contributed by atoms with Crippen LogP contribution in [-0.4, -0.2) is 53.1 Å². The van der Waals surface area contributed by atoms with Gasteiger partial charge in [-0.25, -0.2) is 0 Å². The maximum absolute atomic E-state index is 12.3. The highest BCUT2D eigenvalue weighted by Crippen LogP contribution is 2.32. The van der Waals surface area contributed by atoms with E-state index >= 15 is 0 Å². The van der Waals surface area contributed by atoms with Crippen molar-refractivity contribution in [3.63, 3.8) is 0 Å². The van der Waals surface area contributed by atoms with Crippen LogP contribution in [0.3, 0.4) is 0 Å². The number of carbonyl (C=O) groups is 1. The van der Waals surface area contributed by atoms with E-state index in [0.717, 1.165) is 0 Å². The van der Waals surface area contributed by atoms with Gasteiger partial charge in [0.05, 0.1) is 36.9 Å². The molecule has 170 valence electrons. The van der Waals surface area contributed by atoms with Crippen LogP contribution >= 0.6 is 23.2 Å². The molecule has 0 aliphatic carbocycles. The van der Waals surface area contributed by atoms with E-state index in [1.807, 2.05) is 0 Å². The molecule has 0 fully saturated rings. The summed E-state index contributed by atoms with van der Waals surface area (Å²) in [6.45, 7) is 0.419. The SMILES string of the molecule is COc1ccc(OC)c(-c2nnc3ccc(OCCNC(=O)c4cc(Cl)ccc4Cl)nn23)c1. The lowest BCUT2D eigenvalue weighted by Crippen LogP contribution is -2.28. The fourth-order valence-corrected chi connectivity index (χ4v) is 3.47. The van der Waals surface area contributed by atoms with Crippen molar-refractivity contribution in [3.05, 3.63) is 64.1 Å². The van der Waals surface area contributed by atoms with Crippen molar-refractivity contribution >= 4 is 34.8 Å². The lowest BCUT2D eigenvalue weighted by molar-refractivity contribution is 0.0946. The van der Waals surface area contributed by atoms with Gasteiger partial charge in [-0.3, -0.25) is 4.79 Å². The predicted molar refractivity (Wildman–Crippen MR) is 124 cm³/mol. The first kappa shape index (κ1) is 22.6. The highest BCUT2D eigenvalue weighted by molar-refractivity contribution is 6.35. The molecule has 4 aromatic rings. The summed E-state index contributed by atoms with van der Waals surface area (Å²) in [6, 6.07) is 13.5. The predicted octanol–water partition coefficient (Wildman–Crippen LogP) is 3.92. The number of hydrogen-bond donors (Lipinski definition) is 1. The molecule has 0 aliphatic rings. The Bertz CT molecular complexity index is 1310. The van der Waals surface area contributed by atoms with Gasteiger partial charge in [0.25, 0.3) is 5.91 Å². The molecular formula is C22H19Cl2N5O4. The van der Waals surface area contributed by atoms with E-state index in [4.69, 9.17) is 37.4 Å². The van der Waals surface area contributed by atoms with Gasteiger partial charge in [-0.1, -0.05) is 23.2 Å². The maximum Gasteiger partial charge on any atom is 0.252 e. The van der Waals surface area contributed by atoms with Crippen LogP contribution in [0.4, 0.5) is 0 Å². The highest BCUT2D eigenvalue weighted by Gasteiger charge is 2.16. The van der Waals surface area contributed by atoms with Crippen LogP contribution < -0.4 is 19.5 Å². The number of amides is 1. The Labute approximate surface area is 199 Å². The summed E-state index contributed by atoms with van der Waals surface area (Å²) >= 11 is 12.0. The number of benzene rings is 2. The normalized spacial score (nSPS) is 10.8. The fourth-order valence-electron chi connectivity index (χ4n) is 3.09. The zero-order chi connectivity index (χ0) is 23.4. The van der Waals surface area contributed by atoms with Gasteiger partial charge in [0.15, 0.2) is 11.5 Å². The van der Waals surface area contributed by atoms with Gasteiger partial charge in [-0.2, -0.15) is 4.52 Å². The average Bonchev–Trinajstić information content (AvgIpc) is 3.25. The third-order valence-corrected chi connectivity index (χ3v) is 5.26. The Morgan fingerprint density at radius 1 is 1.03 bits per heavy atom. The van der Waals surface area contributed by atoms with Gasteiger partial charge >= 0.3 is 0 Å². The molecule has 2 aromatic carbocycles. The third-order valence-electron chi connectivity index (χ3n) is 4.70. The lowest BCUT2D eigenvalue weighted by Gasteiger charge is -2.10. The van der Waals surface area contributed by atoms with Crippen LogP contribution in [0.2, 0.25) is 10.0 Å². The van der Waals surface area contributed by atoms with Crippen LogP contribution in [0.1, 0.15) is 10.4 Å². The Hall–Kier alpha value is -3.56. The first-order valence-corrected chi connectivity index (χ1v) is 10.6. The number of nitrogens with one attached hydrogen (secondary N) is 1. The molecule has 0 aliphatic heterocycles. The molecule has 1 amide bonds. The molecular weight excluding hydrogens is 469 g/mol. The molecule has 2 heterocycles. The number of fused-ring (bicyclic) bond motifs is 1. The molecule has 11 heteroatoms. The number of hydrogen-bond acceptors (Lipinski definition) is 7. The Kier molecular flexibility index (Phi) is 6.81. The number of carbonyl (C=O) groups excluding carboxylic acids is 1. The standard InChI is InChI=1S/C22H19Cl2N5O4/c1-31-14-4-6-18(32-2)16(12-14)21-27-26-19-7-8-20(28-29(19)21)33-10-9-25-22(30)15-11-13(23)3-5-17(15)24/h3-8,11-12H,9-10H2,1-2H3,(H,25,30). The highest BCUT2D eigenvalue weighted by atomic mass is 35.5. The van der Waals surface area contributed by atoms with Crippen LogP contribution in [0, 0.1) is 0 Å². The summed E-state index contributed by atoms with van der Waals surface area (Å²) in [6.07, 6.45) is 0. The molecule has 0 radical (unpaired) electrons. The Morgan fingerprint density at radius 3 is 2.67 bits per heavy atom. The molecule has 0 saturated heterocycles. The molecule has 2 aromatic heterocycles. The molecule has 1 N–H and O–H groups in total. The molecule has 0 spiro atoms. The van der Waals surface area contributed by atoms with E-state index in [0.29, 0.717) is 50.0 Å². The van der Waals surface area contributed by atoms with E-state index in [-0.39, 0.29) is 19.1 Å². The van der Waals surface area contributed by atoms with Crippen molar-refractivity contribution in [1.29, 1.82) is 0 Å². The van der Waals surface area contributed by atoms with Crippen LogP contribution in [-0.2, 0) is 0 Å². The van der Waals surface area contributed by atoms with E-state index < -0.39 is 0 Å². The van der Waals surface area contributed by atoms with Crippen molar-refractivity contribution in [2.24, 2.45) is 0 Å². The number of nitrogens with zero attached hydrogens (tertiary/aromatic N) is 4. The summed E-state index contributed by atoms with van der Waals surface area (Å²) in [4.78, 5) is 12.3. The second-order valence-electron chi connectivity index (χ2n) is 6.76. The second-order valence-corrected chi connectivity index (χ2v) is 7.60. The van der Waals surface area contributed by atoms with E-state index in [1.54, 1.807) is 61.2 Å². The van der Waals surface area contributed by atoms with Crippen LogP contribution in [0.5, 0.6) is 17.4 Å². The summed E-state index contributed by atoms with van der Waals surface area (Å²) in [5.74, 6) is 1.70. The largest absolute Gasteiger partial charge is 0.497 e. The van der Waals surface area contributed by atoms with Crippen molar-refractivity contribution in [2.75, 3.05) is 27.4 Å². The Morgan fingerprint density at radius 2 is 1.88 bits per heavy atom. The fraction of sp³-hybridized carbons (Fsp3) is 0.182. The van der Waals surface area contributed by atoms with Crippen molar-refractivity contribution in [2.45, 2.75) is 0 Å².